The maximum atomic E-state index is 13.7. The summed E-state index contributed by atoms with van der Waals surface area (Å²) in [5.41, 5.74) is 2.95. The normalized spacial score (nSPS) is 26.2. The Morgan fingerprint density at radius 3 is 2.38 bits per heavy atom. The van der Waals surface area contributed by atoms with Crippen LogP contribution in [0.4, 0.5) is 0 Å². The maximum absolute atomic E-state index is 13.7. The van der Waals surface area contributed by atoms with Gasteiger partial charge in [-0.15, -0.1) is 0 Å². The van der Waals surface area contributed by atoms with E-state index < -0.39 is 23.5 Å². The molecular formula is C29H25N3O5. The summed E-state index contributed by atoms with van der Waals surface area (Å²) in [4.78, 5) is 29.0. The van der Waals surface area contributed by atoms with E-state index >= 15 is 0 Å². The zero-order valence-electron chi connectivity index (χ0n) is 21.0. The van der Waals surface area contributed by atoms with Gasteiger partial charge in [0.1, 0.15) is 6.23 Å². The van der Waals surface area contributed by atoms with Crippen molar-refractivity contribution in [3.05, 3.63) is 59.7 Å². The highest BCUT2D eigenvalue weighted by Crippen LogP contribution is 2.59. The summed E-state index contributed by atoms with van der Waals surface area (Å²) in [6.07, 6.45) is -0.251. The van der Waals surface area contributed by atoms with Crippen molar-refractivity contribution in [3.63, 3.8) is 0 Å². The van der Waals surface area contributed by atoms with Crippen LogP contribution in [0.1, 0.15) is 35.5 Å². The molecule has 1 fully saturated rings. The molecule has 8 rings (SSSR count). The molecule has 37 heavy (non-hydrogen) atoms. The van der Waals surface area contributed by atoms with Gasteiger partial charge in [-0.3, -0.25) is 4.79 Å². The molecule has 8 nitrogen and oxygen atoms in total. The van der Waals surface area contributed by atoms with Gasteiger partial charge < -0.3 is 28.2 Å². The second-order valence-electron chi connectivity index (χ2n) is 10.5. The van der Waals surface area contributed by atoms with E-state index in [0.717, 1.165) is 54.7 Å². The van der Waals surface area contributed by atoms with Crippen molar-refractivity contribution in [2.45, 2.75) is 37.4 Å². The first kappa shape index (κ1) is 21.2. The lowest BCUT2D eigenvalue weighted by Crippen LogP contribution is -2.57. The van der Waals surface area contributed by atoms with Crippen molar-refractivity contribution in [2.24, 2.45) is 0 Å². The number of carbonyl (C=O) groups is 2. The van der Waals surface area contributed by atoms with Crippen molar-refractivity contribution < 1.29 is 23.8 Å². The minimum absolute atomic E-state index is 0.0268. The average molecular weight is 496 g/mol. The van der Waals surface area contributed by atoms with Gasteiger partial charge in [-0.1, -0.05) is 36.4 Å². The van der Waals surface area contributed by atoms with Crippen LogP contribution in [0.5, 0.6) is 0 Å². The second-order valence-corrected chi connectivity index (χ2v) is 10.5. The first-order valence-electron chi connectivity index (χ1n) is 12.5. The number of hydrogen-bond acceptors (Lipinski definition) is 5. The van der Waals surface area contributed by atoms with Gasteiger partial charge in [-0.05, 0) is 24.6 Å². The van der Waals surface area contributed by atoms with Gasteiger partial charge in [-0.2, -0.15) is 0 Å². The second kappa shape index (κ2) is 6.51. The van der Waals surface area contributed by atoms with E-state index in [4.69, 9.17) is 14.2 Å². The zero-order chi connectivity index (χ0) is 25.4. The van der Waals surface area contributed by atoms with Crippen LogP contribution >= 0.6 is 0 Å². The highest BCUT2D eigenvalue weighted by atomic mass is 16.6. The molecule has 8 heteroatoms. The highest BCUT2D eigenvalue weighted by Gasteiger charge is 2.67. The molecule has 0 saturated carbocycles. The van der Waals surface area contributed by atoms with E-state index in [-0.39, 0.29) is 12.3 Å². The van der Waals surface area contributed by atoms with Gasteiger partial charge in [0.05, 0.1) is 34.7 Å². The molecular weight excluding hydrogens is 470 g/mol. The van der Waals surface area contributed by atoms with E-state index in [1.807, 2.05) is 44.3 Å². The van der Waals surface area contributed by atoms with Gasteiger partial charge in [0, 0.05) is 48.7 Å². The topological polar surface area (TPSA) is 74.9 Å². The Bertz CT molecular complexity index is 1880. The Hall–Kier alpha value is -3.88. The highest BCUT2D eigenvalue weighted by molar-refractivity contribution is 6.31. The molecule has 3 aliphatic rings. The molecule has 2 aromatic heterocycles. The van der Waals surface area contributed by atoms with Crippen molar-refractivity contribution in [1.82, 2.24) is 14.0 Å². The molecule has 2 bridgehead atoms. The van der Waals surface area contributed by atoms with E-state index in [1.165, 1.54) is 7.11 Å². The minimum atomic E-state index is -1.39. The molecule has 5 heterocycles. The zero-order valence-corrected chi connectivity index (χ0v) is 21.0. The molecule has 0 aliphatic carbocycles. The maximum Gasteiger partial charge on any atom is 0.343 e. The molecule has 186 valence electrons. The van der Waals surface area contributed by atoms with E-state index in [9.17, 15) is 9.59 Å². The third kappa shape index (κ3) is 2.09. The Kier molecular flexibility index (Phi) is 3.74. The number of benzene rings is 3. The van der Waals surface area contributed by atoms with E-state index in [0.29, 0.717) is 6.54 Å². The summed E-state index contributed by atoms with van der Waals surface area (Å²) in [5, 5.41) is 3.97. The molecule has 1 unspecified atom stereocenters. The first-order valence-corrected chi connectivity index (χ1v) is 12.5. The van der Waals surface area contributed by atoms with Crippen LogP contribution in [0, 0.1) is 0 Å². The lowest BCUT2D eigenvalue weighted by molar-refractivity contribution is -0.210. The molecule has 0 N–H and O–H groups in total. The summed E-state index contributed by atoms with van der Waals surface area (Å²) in [6, 6.07) is 16.2. The molecule has 5 aromatic rings. The van der Waals surface area contributed by atoms with Gasteiger partial charge in [0.25, 0.3) is 5.91 Å². The van der Waals surface area contributed by atoms with Crippen molar-refractivity contribution in [1.29, 1.82) is 0 Å². The van der Waals surface area contributed by atoms with Gasteiger partial charge in [0.15, 0.2) is 5.72 Å². The summed E-state index contributed by atoms with van der Waals surface area (Å²) in [7, 11) is 4.79. The molecule has 0 radical (unpaired) electrons. The predicted octanol–water partition coefficient (Wildman–Crippen LogP) is 4.65. The monoisotopic (exact) mass is 495 g/mol. The van der Waals surface area contributed by atoms with Gasteiger partial charge in [0.2, 0.25) is 5.60 Å². The largest absolute Gasteiger partial charge is 0.467 e. The molecule has 1 amide bonds. The van der Waals surface area contributed by atoms with Crippen LogP contribution in [0.2, 0.25) is 0 Å². The Labute approximate surface area is 211 Å². The lowest BCUT2D eigenvalue weighted by atomic mass is 9.88. The molecule has 3 aromatic carbocycles. The number of rotatable bonds is 2. The lowest BCUT2D eigenvalue weighted by Gasteiger charge is -2.40. The number of amides is 1. The number of aromatic nitrogens is 2. The van der Waals surface area contributed by atoms with Crippen LogP contribution in [0.3, 0.4) is 0 Å². The van der Waals surface area contributed by atoms with Crippen LogP contribution in [0.15, 0.2) is 48.5 Å². The number of ether oxygens (including phenoxy) is 3. The predicted molar refractivity (Wildman–Crippen MR) is 138 cm³/mol. The van der Waals surface area contributed by atoms with Crippen LogP contribution in [-0.2, 0) is 31.3 Å². The fourth-order valence-corrected chi connectivity index (χ4v) is 7.44. The number of hydrogen-bond donors (Lipinski definition) is 0. The Balaban J connectivity index is 1.72. The summed E-state index contributed by atoms with van der Waals surface area (Å²) < 4.78 is 22.7. The SMILES string of the molecule is COC(=O)[C@@]1(OC)C[C@H]2OC1(C)n1c3ccccc3c3c4c(c5c6ccccc6n2c5c31)C(=O)N(C)C4. The van der Waals surface area contributed by atoms with Gasteiger partial charge in [-0.25, -0.2) is 4.79 Å². The number of methoxy groups -OCH3 is 2. The van der Waals surface area contributed by atoms with Crippen LogP contribution in [0.25, 0.3) is 43.6 Å². The number of carbonyl (C=O) groups excluding carboxylic acids is 2. The standard InChI is InChI=1S/C29H25N3O5/c1-28-29(36-4,27(34)35-3)13-20(37-28)31-18-11-7-5-9-15(18)22-23-17(14-30(2)26(23)33)21-16-10-6-8-12-19(16)32(28)25(21)24(22)31/h5-12,20H,13-14H2,1-4H3/t20-,28?,29+/m1/s1. The van der Waals surface area contributed by atoms with Crippen LogP contribution in [-0.4, -0.2) is 52.8 Å². The number of nitrogens with zero attached hydrogens (tertiary/aromatic N) is 3. The first-order chi connectivity index (χ1) is 17.9. The molecule has 3 atom stereocenters. The number of esters is 1. The quantitative estimate of drug-likeness (QED) is 0.333. The Morgan fingerprint density at radius 1 is 1.00 bits per heavy atom. The summed E-state index contributed by atoms with van der Waals surface area (Å²) >= 11 is 0. The fourth-order valence-electron chi connectivity index (χ4n) is 7.44. The number of fused-ring (bicyclic) bond motifs is 13. The van der Waals surface area contributed by atoms with Crippen molar-refractivity contribution in [2.75, 3.05) is 21.3 Å². The van der Waals surface area contributed by atoms with Crippen molar-refractivity contribution >= 4 is 55.5 Å². The smallest absolute Gasteiger partial charge is 0.343 e. The number of para-hydroxylation sites is 2. The Morgan fingerprint density at radius 2 is 1.68 bits per heavy atom. The van der Waals surface area contributed by atoms with Gasteiger partial charge >= 0.3 is 5.97 Å². The van der Waals surface area contributed by atoms with Crippen LogP contribution < -0.4 is 0 Å². The fraction of sp³-hybridized carbons (Fsp3) is 0.310. The van der Waals surface area contributed by atoms with Crippen molar-refractivity contribution in [3.8, 4) is 0 Å². The third-order valence-electron chi connectivity index (χ3n) is 8.97. The third-order valence-corrected chi connectivity index (χ3v) is 8.97. The van der Waals surface area contributed by atoms with E-state index in [1.54, 1.807) is 12.0 Å². The summed E-state index contributed by atoms with van der Waals surface area (Å²) in [5.74, 6) is -0.447. The molecule has 1 saturated heterocycles. The minimum Gasteiger partial charge on any atom is -0.467 e. The molecule has 3 aliphatic heterocycles. The summed E-state index contributed by atoms with van der Waals surface area (Å²) in [6.45, 7) is 2.44. The van der Waals surface area contributed by atoms with E-state index in [2.05, 4.69) is 27.3 Å². The average Bonchev–Trinajstić information content (AvgIpc) is 3.58. The molecule has 0 spiro atoms.